The highest BCUT2D eigenvalue weighted by Crippen LogP contribution is 2.32. The van der Waals surface area contributed by atoms with Crippen LogP contribution in [-0.2, 0) is 0 Å². The summed E-state index contributed by atoms with van der Waals surface area (Å²) in [7, 11) is 0. The van der Waals surface area contributed by atoms with Crippen molar-refractivity contribution < 1.29 is 14.2 Å². The van der Waals surface area contributed by atoms with Crippen molar-refractivity contribution in [1.29, 1.82) is 0 Å². The molecular weight excluding hydrogens is 385 g/mol. The van der Waals surface area contributed by atoms with Gasteiger partial charge in [0.25, 0.3) is 0 Å². The Kier molecular flexibility index (Phi) is 4.51. The van der Waals surface area contributed by atoms with Crippen molar-refractivity contribution in [2.75, 3.05) is 0 Å². The first-order valence-corrected chi connectivity index (χ1v) is 9.93. The first kappa shape index (κ1) is 18.7. The maximum absolute atomic E-state index is 14.7. The van der Waals surface area contributed by atoms with Gasteiger partial charge in [0.2, 0.25) is 5.88 Å². The minimum absolute atomic E-state index is 0.0731. The number of alkyl halides is 1. The fourth-order valence-electron chi connectivity index (χ4n) is 4.14. The van der Waals surface area contributed by atoms with Gasteiger partial charge in [0, 0.05) is 36.4 Å². The number of phenolic OH excluding ortho intramolecular Hbond substituents is 1. The van der Waals surface area contributed by atoms with E-state index in [1.165, 1.54) is 0 Å². The number of hydrogen-bond acceptors (Lipinski definition) is 6. The zero-order valence-electron chi connectivity index (χ0n) is 16.7. The van der Waals surface area contributed by atoms with Crippen LogP contribution in [0.25, 0.3) is 16.9 Å². The molecule has 0 spiro atoms. The van der Waals surface area contributed by atoms with E-state index in [1.54, 1.807) is 28.9 Å². The minimum Gasteiger partial charge on any atom is -0.507 e. The zero-order chi connectivity index (χ0) is 20.8. The number of fused-ring (bicyclic) bond motifs is 2. The number of nitrogens with zero attached hydrogens (tertiary/aromatic N) is 4. The maximum Gasteiger partial charge on any atom is 0.233 e. The number of ether oxygens (including phenoxy) is 1. The second-order valence-electron chi connectivity index (χ2n) is 7.86. The molecule has 5 rings (SSSR count). The number of halogens is 1. The third kappa shape index (κ3) is 3.33. The van der Waals surface area contributed by atoms with E-state index in [4.69, 9.17) is 4.74 Å². The van der Waals surface area contributed by atoms with Crippen molar-refractivity contribution in [3.05, 3.63) is 59.9 Å². The second kappa shape index (κ2) is 7.21. The zero-order valence-corrected chi connectivity index (χ0v) is 16.7. The number of phenols is 1. The van der Waals surface area contributed by atoms with Crippen LogP contribution in [0.3, 0.4) is 0 Å². The van der Waals surface area contributed by atoms with Gasteiger partial charge >= 0.3 is 0 Å². The summed E-state index contributed by atoms with van der Waals surface area (Å²) >= 11 is 0. The topological polar surface area (TPSA) is 85.1 Å². The highest BCUT2D eigenvalue weighted by molar-refractivity contribution is 5.68. The predicted molar refractivity (Wildman–Crippen MR) is 109 cm³/mol. The molecule has 0 radical (unpaired) electrons. The number of rotatable bonds is 4. The lowest BCUT2D eigenvalue weighted by Crippen LogP contribution is -2.53. The lowest BCUT2D eigenvalue weighted by molar-refractivity contribution is 0.0457. The van der Waals surface area contributed by atoms with Crippen molar-refractivity contribution >= 4 is 0 Å². The lowest BCUT2D eigenvalue weighted by Gasteiger charge is -2.33. The molecule has 1 fully saturated rings. The van der Waals surface area contributed by atoms with Gasteiger partial charge in [0.1, 0.15) is 11.9 Å². The molecule has 2 aliphatic rings. The smallest absolute Gasteiger partial charge is 0.233 e. The van der Waals surface area contributed by atoms with E-state index in [0.29, 0.717) is 17.7 Å². The highest BCUT2D eigenvalue weighted by Gasteiger charge is 2.43. The van der Waals surface area contributed by atoms with Gasteiger partial charge in [-0.15, -0.1) is 10.2 Å². The number of aromatic hydroxyl groups is 1. The summed E-state index contributed by atoms with van der Waals surface area (Å²) in [5, 5.41) is 26.3. The Balaban J connectivity index is 1.32. The Hall–Kier alpha value is -3.26. The van der Waals surface area contributed by atoms with Crippen molar-refractivity contribution in [3.63, 3.8) is 0 Å². The lowest BCUT2D eigenvalue weighted by atomic mass is 9.97. The average molecular weight is 407 g/mol. The van der Waals surface area contributed by atoms with Crippen LogP contribution >= 0.6 is 0 Å². The Bertz CT molecular complexity index is 1110. The van der Waals surface area contributed by atoms with Crippen LogP contribution in [0.15, 0.2) is 54.2 Å². The number of piperidine rings is 1. The van der Waals surface area contributed by atoms with Crippen LogP contribution in [0.1, 0.15) is 19.0 Å². The molecule has 0 amide bonds. The molecule has 154 valence electrons. The van der Waals surface area contributed by atoms with Gasteiger partial charge in [-0.1, -0.05) is 11.6 Å². The number of aryl methyl sites for hydroxylation is 1. The fraction of sp³-hybridized carbons (Fsp3) is 0.318. The highest BCUT2D eigenvalue weighted by atomic mass is 19.1. The molecule has 4 atom stereocenters. The molecule has 30 heavy (non-hydrogen) atoms. The van der Waals surface area contributed by atoms with Gasteiger partial charge in [0.15, 0.2) is 6.17 Å². The van der Waals surface area contributed by atoms with E-state index < -0.39 is 12.3 Å². The molecule has 1 saturated heterocycles. The Morgan fingerprint density at radius 2 is 2.03 bits per heavy atom. The number of nitrogens with one attached hydrogen (secondary N) is 1. The number of hydrogen-bond donors (Lipinski definition) is 2. The van der Waals surface area contributed by atoms with E-state index in [0.717, 1.165) is 17.0 Å². The molecule has 0 aliphatic carbocycles. The summed E-state index contributed by atoms with van der Waals surface area (Å²) in [4.78, 5) is 0. The molecule has 2 N–H and O–H groups in total. The van der Waals surface area contributed by atoms with Gasteiger partial charge in [-0.05, 0) is 38.1 Å². The van der Waals surface area contributed by atoms with E-state index in [2.05, 4.69) is 26.7 Å². The Labute approximate surface area is 173 Å². The van der Waals surface area contributed by atoms with Gasteiger partial charge in [-0.25, -0.2) is 9.07 Å². The molecule has 2 aliphatic heterocycles. The summed E-state index contributed by atoms with van der Waals surface area (Å²) in [6.07, 6.45) is 2.74. The molecule has 4 heterocycles. The summed E-state index contributed by atoms with van der Waals surface area (Å²) in [5.74, 6) is 0.345. The quantitative estimate of drug-likeness (QED) is 0.647. The SMILES string of the molecule is CC1=CC2CC(Oc3ccc(-c4ccc(-n5ccc(C)n5)cc4O)nn3)C(F)C1N2. The molecular formula is C22H22FN5O2. The van der Waals surface area contributed by atoms with Crippen LogP contribution in [0, 0.1) is 6.92 Å². The molecule has 2 bridgehead atoms. The molecule has 0 saturated carbocycles. The van der Waals surface area contributed by atoms with E-state index in [9.17, 15) is 9.50 Å². The molecule has 7 nitrogen and oxygen atoms in total. The van der Waals surface area contributed by atoms with E-state index in [-0.39, 0.29) is 23.7 Å². The van der Waals surface area contributed by atoms with Gasteiger partial charge in [-0.3, -0.25) is 0 Å². The number of aromatic nitrogens is 4. The molecule has 4 unspecified atom stereocenters. The van der Waals surface area contributed by atoms with Crippen LogP contribution in [0.5, 0.6) is 11.6 Å². The largest absolute Gasteiger partial charge is 0.507 e. The third-order valence-electron chi connectivity index (χ3n) is 5.66. The van der Waals surface area contributed by atoms with Crippen molar-refractivity contribution in [3.8, 4) is 28.6 Å². The predicted octanol–water partition coefficient (Wildman–Crippen LogP) is 3.12. The van der Waals surface area contributed by atoms with Gasteiger partial charge in [0.05, 0.1) is 23.1 Å². The average Bonchev–Trinajstić information content (AvgIpc) is 3.30. The molecule has 8 heteroatoms. The third-order valence-corrected chi connectivity index (χ3v) is 5.66. The van der Waals surface area contributed by atoms with E-state index in [1.807, 2.05) is 32.2 Å². The van der Waals surface area contributed by atoms with Crippen LogP contribution in [-0.4, -0.2) is 49.4 Å². The molecule has 2 aromatic heterocycles. The molecule has 3 aromatic rings. The van der Waals surface area contributed by atoms with Crippen LogP contribution in [0.4, 0.5) is 4.39 Å². The van der Waals surface area contributed by atoms with Crippen LogP contribution in [0.2, 0.25) is 0 Å². The monoisotopic (exact) mass is 407 g/mol. The maximum atomic E-state index is 14.7. The summed E-state index contributed by atoms with van der Waals surface area (Å²) in [6, 6.07) is 10.3. The van der Waals surface area contributed by atoms with Gasteiger partial charge in [-0.2, -0.15) is 5.10 Å². The minimum atomic E-state index is -1.14. The summed E-state index contributed by atoms with van der Waals surface area (Å²) < 4.78 is 22.2. The number of benzene rings is 1. The Morgan fingerprint density at radius 1 is 1.17 bits per heavy atom. The van der Waals surface area contributed by atoms with Crippen LogP contribution < -0.4 is 10.1 Å². The first-order chi connectivity index (χ1) is 14.5. The standard InChI is InChI=1S/C22H22FN5O2/c1-12-9-14-10-19(21(23)22(12)24-14)30-20-6-5-17(25-26-20)16-4-3-15(11-18(16)29)28-8-7-13(2)27-28/h3-9,11,14,19,21-22,24,29H,10H2,1-2H3. The Morgan fingerprint density at radius 3 is 2.73 bits per heavy atom. The summed E-state index contributed by atoms with van der Waals surface area (Å²) in [5.41, 5.74) is 3.70. The van der Waals surface area contributed by atoms with E-state index >= 15 is 0 Å². The fourth-order valence-corrected chi connectivity index (χ4v) is 4.14. The normalized spacial score (nSPS) is 25.2. The second-order valence-corrected chi connectivity index (χ2v) is 7.86. The summed E-state index contributed by atoms with van der Waals surface area (Å²) in [6.45, 7) is 3.84. The van der Waals surface area contributed by atoms with Crippen molar-refractivity contribution in [2.24, 2.45) is 0 Å². The van der Waals surface area contributed by atoms with Crippen molar-refractivity contribution in [2.45, 2.75) is 44.6 Å². The molecule has 1 aromatic carbocycles. The van der Waals surface area contributed by atoms with Gasteiger partial charge < -0.3 is 15.2 Å². The van der Waals surface area contributed by atoms with Crippen molar-refractivity contribution in [1.82, 2.24) is 25.3 Å². The first-order valence-electron chi connectivity index (χ1n) is 9.93.